The van der Waals surface area contributed by atoms with Crippen molar-refractivity contribution in [2.75, 3.05) is 23.1 Å². The Morgan fingerprint density at radius 2 is 2.11 bits per heavy atom. The zero-order valence-electron chi connectivity index (χ0n) is 10.5. The molecule has 5 nitrogen and oxygen atoms in total. The van der Waals surface area contributed by atoms with Gasteiger partial charge in [0, 0.05) is 11.8 Å². The molecule has 1 rings (SSSR count). The molecule has 102 valence electrons. The maximum absolute atomic E-state index is 11.4. The summed E-state index contributed by atoms with van der Waals surface area (Å²) in [5.41, 5.74) is 6.63. The lowest BCUT2D eigenvalue weighted by Gasteiger charge is -2.19. The highest BCUT2D eigenvalue weighted by molar-refractivity contribution is 7.98. The fourth-order valence-electron chi connectivity index (χ4n) is 1.60. The van der Waals surface area contributed by atoms with E-state index in [2.05, 4.69) is 12.2 Å². The standard InChI is InChI=1S/C11H19N3O2S2/c1-3-8(7-17-2)14-9-5-4-6-10(11(9)12)18(13,15)16/h4-6,8,14H,3,7,12H2,1-2H3,(H2,13,15,16). The van der Waals surface area contributed by atoms with Crippen LogP contribution in [0.4, 0.5) is 11.4 Å². The van der Waals surface area contributed by atoms with Crippen LogP contribution < -0.4 is 16.2 Å². The van der Waals surface area contributed by atoms with Gasteiger partial charge in [-0.3, -0.25) is 0 Å². The molecule has 0 saturated heterocycles. The molecule has 1 unspecified atom stereocenters. The van der Waals surface area contributed by atoms with Crippen molar-refractivity contribution in [1.29, 1.82) is 0 Å². The van der Waals surface area contributed by atoms with Gasteiger partial charge in [-0.05, 0) is 24.8 Å². The first-order valence-electron chi connectivity index (χ1n) is 5.57. The SMILES string of the molecule is CCC(CSC)Nc1cccc(S(N)(=O)=O)c1N. The molecule has 0 saturated carbocycles. The number of anilines is 2. The molecule has 1 aromatic carbocycles. The van der Waals surface area contributed by atoms with E-state index in [4.69, 9.17) is 10.9 Å². The Balaban J connectivity index is 3.04. The van der Waals surface area contributed by atoms with Crippen LogP contribution in [0.3, 0.4) is 0 Å². The van der Waals surface area contributed by atoms with Crippen LogP contribution in [0.5, 0.6) is 0 Å². The van der Waals surface area contributed by atoms with Gasteiger partial charge in [-0.15, -0.1) is 0 Å². The Labute approximate surface area is 112 Å². The first-order valence-corrected chi connectivity index (χ1v) is 8.51. The van der Waals surface area contributed by atoms with E-state index in [1.165, 1.54) is 6.07 Å². The summed E-state index contributed by atoms with van der Waals surface area (Å²) in [6, 6.07) is 5.04. The number of benzene rings is 1. The third-order valence-electron chi connectivity index (χ3n) is 2.59. The Morgan fingerprint density at radius 1 is 1.44 bits per heavy atom. The molecule has 7 heteroatoms. The van der Waals surface area contributed by atoms with Crippen molar-refractivity contribution >= 4 is 33.2 Å². The van der Waals surface area contributed by atoms with Gasteiger partial charge >= 0.3 is 0 Å². The molecule has 0 aliphatic heterocycles. The number of nitrogen functional groups attached to an aromatic ring is 1. The minimum atomic E-state index is -3.78. The van der Waals surface area contributed by atoms with Crippen LogP contribution in [0.15, 0.2) is 23.1 Å². The van der Waals surface area contributed by atoms with Crippen LogP contribution in [0.2, 0.25) is 0 Å². The van der Waals surface area contributed by atoms with Crippen molar-refractivity contribution in [2.24, 2.45) is 5.14 Å². The molecule has 1 aromatic rings. The Kier molecular flexibility index (Phi) is 5.30. The number of para-hydroxylation sites is 1. The predicted molar refractivity (Wildman–Crippen MR) is 78.3 cm³/mol. The lowest BCUT2D eigenvalue weighted by atomic mass is 10.2. The van der Waals surface area contributed by atoms with Crippen molar-refractivity contribution in [3.63, 3.8) is 0 Å². The number of primary sulfonamides is 1. The van der Waals surface area contributed by atoms with E-state index < -0.39 is 10.0 Å². The number of hydrogen-bond acceptors (Lipinski definition) is 5. The fourth-order valence-corrected chi connectivity index (χ4v) is 3.01. The molecule has 0 heterocycles. The molecule has 0 aliphatic carbocycles. The monoisotopic (exact) mass is 289 g/mol. The largest absolute Gasteiger partial charge is 0.396 e. The lowest BCUT2D eigenvalue weighted by Crippen LogP contribution is -2.23. The number of nitrogens with one attached hydrogen (secondary N) is 1. The summed E-state index contributed by atoms with van der Waals surface area (Å²) >= 11 is 1.72. The molecular weight excluding hydrogens is 270 g/mol. The van der Waals surface area contributed by atoms with Crippen molar-refractivity contribution in [3.05, 3.63) is 18.2 Å². The average molecular weight is 289 g/mol. The molecule has 0 spiro atoms. The summed E-state index contributed by atoms with van der Waals surface area (Å²) in [5.74, 6) is 0.926. The van der Waals surface area contributed by atoms with Crippen LogP contribution in [-0.2, 0) is 10.0 Å². The minimum Gasteiger partial charge on any atom is -0.396 e. The van der Waals surface area contributed by atoms with Gasteiger partial charge in [-0.25, -0.2) is 13.6 Å². The molecule has 18 heavy (non-hydrogen) atoms. The molecule has 0 aromatic heterocycles. The summed E-state index contributed by atoms with van der Waals surface area (Å²) in [7, 11) is -3.78. The first kappa shape index (κ1) is 15.1. The van der Waals surface area contributed by atoms with E-state index in [1.54, 1.807) is 23.9 Å². The predicted octanol–water partition coefficient (Wildman–Crippen LogP) is 1.47. The zero-order valence-corrected chi connectivity index (χ0v) is 12.1. The molecule has 5 N–H and O–H groups in total. The average Bonchev–Trinajstić information content (AvgIpc) is 2.29. The molecular formula is C11H19N3O2S2. The molecule has 0 radical (unpaired) electrons. The summed E-state index contributed by atoms with van der Waals surface area (Å²) in [4.78, 5) is -0.0356. The highest BCUT2D eigenvalue weighted by Gasteiger charge is 2.16. The minimum absolute atomic E-state index is 0.0356. The number of sulfonamides is 1. The van der Waals surface area contributed by atoms with Crippen molar-refractivity contribution < 1.29 is 8.42 Å². The quantitative estimate of drug-likeness (QED) is 0.689. The van der Waals surface area contributed by atoms with Crippen LogP contribution >= 0.6 is 11.8 Å². The van der Waals surface area contributed by atoms with Crippen LogP contribution in [0, 0.1) is 0 Å². The second-order valence-electron chi connectivity index (χ2n) is 3.97. The molecule has 1 atom stereocenters. The molecule has 0 bridgehead atoms. The van der Waals surface area contributed by atoms with Crippen molar-refractivity contribution in [3.8, 4) is 0 Å². The van der Waals surface area contributed by atoms with E-state index in [-0.39, 0.29) is 16.6 Å². The van der Waals surface area contributed by atoms with Gasteiger partial charge in [-0.2, -0.15) is 11.8 Å². The fraction of sp³-hybridized carbons (Fsp3) is 0.455. The van der Waals surface area contributed by atoms with Gasteiger partial charge < -0.3 is 11.1 Å². The van der Waals surface area contributed by atoms with Crippen molar-refractivity contribution in [2.45, 2.75) is 24.3 Å². The van der Waals surface area contributed by atoms with Gasteiger partial charge in [0.15, 0.2) is 0 Å². The van der Waals surface area contributed by atoms with Gasteiger partial charge in [-0.1, -0.05) is 13.0 Å². The third-order valence-corrected chi connectivity index (χ3v) is 4.30. The normalized spacial score (nSPS) is 13.3. The van der Waals surface area contributed by atoms with E-state index in [0.29, 0.717) is 5.69 Å². The highest BCUT2D eigenvalue weighted by atomic mass is 32.2. The number of thioether (sulfide) groups is 1. The maximum Gasteiger partial charge on any atom is 0.240 e. The summed E-state index contributed by atoms with van der Waals surface area (Å²) in [6.07, 6.45) is 2.95. The lowest BCUT2D eigenvalue weighted by molar-refractivity contribution is 0.598. The van der Waals surface area contributed by atoms with E-state index >= 15 is 0 Å². The highest BCUT2D eigenvalue weighted by Crippen LogP contribution is 2.26. The number of rotatable bonds is 6. The summed E-state index contributed by atoms with van der Waals surface area (Å²) < 4.78 is 22.7. The second kappa shape index (κ2) is 6.31. The topological polar surface area (TPSA) is 98.2 Å². The van der Waals surface area contributed by atoms with Gasteiger partial charge in [0.25, 0.3) is 0 Å². The van der Waals surface area contributed by atoms with Gasteiger partial charge in [0.05, 0.1) is 11.4 Å². The Hall–Kier alpha value is -0.920. The third kappa shape index (κ3) is 3.79. The van der Waals surface area contributed by atoms with Gasteiger partial charge in [0.2, 0.25) is 10.0 Å². The molecule has 0 aliphatic rings. The smallest absolute Gasteiger partial charge is 0.240 e. The number of hydrogen-bond donors (Lipinski definition) is 3. The maximum atomic E-state index is 11.4. The van der Waals surface area contributed by atoms with Crippen molar-refractivity contribution in [1.82, 2.24) is 0 Å². The zero-order chi connectivity index (χ0) is 13.8. The van der Waals surface area contributed by atoms with Gasteiger partial charge in [0.1, 0.15) is 4.90 Å². The van der Waals surface area contributed by atoms with Crippen LogP contribution in [-0.4, -0.2) is 26.5 Å². The summed E-state index contributed by atoms with van der Waals surface area (Å²) in [6.45, 7) is 2.06. The van der Waals surface area contributed by atoms with E-state index in [9.17, 15) is 8.42 Å². The Bertz CT molecular complexity index is 503. The Morgan fingerprint density at radius 3 is 2.61 bits per heavy atom. The first-order chi connectivity index (χ1) is 8.40. The molecule has 0 amide bonds. The second-order valence-corrected chi connectivity index (χ2v) is 6.41. The van der Waals surface area contributed by atoms with E-state index in [0.717, 1.165) is 12.2 Å². The van der Waals surface area contributed by atoms with E-state index in [1.807, 2.05) is 6.26 Å². The number of nitrogens with two attached hydrogens (primary N) is 2. The van der Waals surface area contributed by atoms with Crippen LogP contribution in [0.1, 0.15) is 13.3 Å². The summed E-state index contributed by atoms with van der Waals surface area (Å²) in [5, 5.41) is 8.35. The van der Waals surface area contributed by atoms with Crippen LogP contribution in [0.25, 0.3) is 0 Å². The molecule has 0 fully saturated rings.